The van der Waals surface area contributed by atoms with E-state index in [0.717, 1.165) is 17.8 Å². The van der Waals surface area contributed by atoms with E-state index >= 15 is 0 Å². The summed E-state index contributed by atoms with van der Waals surface area (Å²) in [4.78, 5) is 17.2. The number of rotatable bonds is 7. The molecule has 7 nitrogen and oxygen atoms in total. The Labute approximate surface area is 173 Å². The summed E-state index contributed by atoms with van der Waals surface area (Å²) in [5, 5.41) is 2.94. The maximum absolute atomic E-state index is 12.6. The summed E-state index contributed by atoms with van der Waals surface area (Å²) < 4.78 is 32.6. The van der Waals surface area contributed by atoms with Crippen LogP contribution in [0.5, 0.6) is 5.75 Å². The van der Waals surface area contributed by atoms with Crippen LogP contribution in [-0.2, 0) is 16.4 Å². The van der Waals surface area contributed by atoms with Gasteiger partial charge in [0, 0.05) is 5.69 Å². The molecule has 1 aromatic heterocycles. The van der Waals surface area contributed by atoms with E-state index in [4.69, 9.17) is 4.74 Å². The number of sulfonamides is 1. The van der Waals surface area contributed by atoms with Crippen molar-refractivity contribution in [1.29, 1.82) is 0 Å². The second-order valence-corrected chi connectivity index (χ2v) is 8.90. The van der Waals surface area contributed by atoms with E-state index in [1.807, 2.05) is 24.3 Å². The maximum Gasteiger partial charge on any atom is 0.267 e. The molecule has 1 amide bonds. The van der Waals surface area contributed by atoms with Crippen molar-refractivity contribution in [2.45, 2.75) is 25.2 Å². The Balaban J connectivity index is 1.75. The van der Waals surface area contributed by atoms with Crippen LogP contribution in [0.4, 0.5) is 10.8 Å². The van der Waals surface area contributed by atoms with E-state index in [0.29, 0.717) is 22.0 Å². The maximum atomic E-state index is 12.6. The number of ether oxygens (including phenoxy) is 1. The quantitative estimate of drug-likeness (QED) is 0.588. The second-order valence-electron chi connectivity index (χ2n) is 6.22. The number of hydrogen-bond donors (Lipinski definition) is 2. The van der Waals surface area contributed by atoms with Crippen LogP contribution in [0.1, 0.15) is 27.9 Å². The molecule has 0 saturated carbocycles. The third-order valence-electron chi connectivity index (χ3n) is 4.21. The molecule has 2 N–H and O–H groups in total. The lowest BCUT2D eigenvalue weighted by atomic mass is 10.1. The van der Waals surface area contributed by atoms with Crippen LogP contribution in [-0.4, -0.2) is 26.4 Å². The van der Waals surface area contributed by atoms with Crippen LogP contribution >= 0.6 is 11.3 Å². The van der Waals surface area contributed by atoms with E-state index in [1.165, 1.54) is 24.8 Å². The first-order valence-corrected chi connectivity index (χ1v) is 11.2. The number of amides is 1. The van der Waals surface area contributed by atoms with Gasteiger partial charge in [-0.1, -0.05) is 30.4 Å². The molecule has 0 aliphatic heterocycles. The number of carbonyl (C=O) groups excluding carboxylic acids is 1. The zero-order chi connectivity index (χ0) is 21.0. The third kappa shape index (κ3) is 4.93. The molecule has 0 spiro atoms. The summed E-state index contributed by atoms with van der Waals surface area (Å²) >= 11 is 0.986. The van der Waals surface area contributed by atoms with Crippen molar-refractivity contribution < 1.29 is 17.9 Å². The number of methoxy groups -OCH3 is 1. The van der Waals surface area contributed by atoms with Gasteiger partial charge in [-0.25, -0.2) is 13.4 Å². The largest absolute Gasteiger partial charge is 0.497 e. The van der Waals surface area contributed by atoms with E-state index in [1.54, 1.807) is 19.1 Å². The summed E-state index contributed by atoms with van der Waals surface area (Å²) in [7, 11) is -2.32. The minimum absolute atomic E-state index is 0.0770. The fourth-order valence-electron chi connectivity index (χ4n) is 2.59. The number of aryl methyl sites for hydroxylation is 2. The second kappa shape index (κ2) is 8.62. The molecule has 0 saturated heterocycles. The molecule has 0 fully saturated rings. The number of carbonyl (C=O) groups is 1. The standard InChI is InChI=1S/C20H21N3O4S2/c1-4-14-5-7-15(8-6-14)22-19(24)18-13(2)21-20(28-18)23-29(25,26)17-11-9-16(27-3)10-12-17/h5-12H,4H2,1-3H3,(H,21,23)(H,22,24). The molecule has 0 bridgehead atoms. The van der Waals surface area contributed by atoms with E-state index in [-0.39, 0.29) is 15.9 Å². The van der Waals surface area contributed by atoms with Crippen LogP contribution in [0, 0.1) is 6.92 Å². The Kier molecular flexibility index (Phi) is 6.19. The highest BCUT2D eigenvalue weighted by atomic mass is 32.2. The Hall–Kier alpha value is -2.91. The lowest BCUT2D eigenvalue weighted by Crippen LogP contribution is -2.12. The van der Waals surface area contributed by atoms with Crippen molar-refractivity contribution in [3.8, 4) is 5.75 Å². The number of anilines is 2. The van der Waals surface area contributed by atoms with Crippen molar-refractivity contribution in [3.63, 3.8) is 0 Å². The molecule has 3 rings (SSSR count). The predicted octanol–water partition coefficient (Wildman–Crippen LogP) is 4.08. The van der Waals surface area contributed by atoms with Gasteiger partial charge in [0.1, 0.15) is 10.6 Å². The summed E-state index contributed by atoms with van der Waals surface area (Å²) in [5.74, 6) is 0.221. The molecule has 9 heteroatoms. The summed E-state index contributed by atoms with van der Waals surface area (Å²) in [6, 6.07) is 13.6. The number of nitrogens with zero attached hydrogens (tertiary/aromatic N) is 1. The first kappa shape index (κ1) is 20.8. The van der Waals surface area contributed by atoms with E-state index in [2.05, 4.69) is 21.9 Å². The predicted molar refractivity (Wildman–Crippen MR) is 114 cm³/mol. The lowest BCUT2D eigenvalue weighted by Gasteiger charge is -2.06. The minimum atomic E-state index is -3.82. The fourth-order valence-corrected chi connectivity index (χ4v) is 4.69. The highest BCUT2D eigenvalue weighted by molar-refractivity contribution is 7.93. The summed E-state index contributed by atoms with van der Waals surface area (Å²) in [5.41, 5.74) is 2.29. The monoisotopic (exact) mass is 431 g/mol. The van der Waals surface area contributed by atoms with Crippen LogP contribution in [0.2, 0.25) is 0 Å². The van der Waals surface area contributed by atoms with Gasteiger partial charge in [0.2, 0.25) is 0 Å². The van der Waals surface area contributed by atoms with E-state index < -0.39 is 10.0 Å². The Morgan fingerprint density at radius 2 is 1.76 bits per heavy atom. The van der Waals surface area contributed by atoms with Crippen molar-refractivity contribution in [3.05, 3.63) is 64.7 Å². The smallest absolute Gasteiger partial charge is 0.267 e. The van der Waals surface area contributed by atoms with Gasteiger partial charge in [-0.2, -0.15) is 0 Å². The fraction of sp³-hybridized carbons (Fsp3) is 0.200. The van der Waals surface area contributed by atoms with Crippen molar-refractivity contribution >= 4 is 38.1 Å². The van der Waals surface area contributed by atoms with Crippen molar-refractivity contribution in [2.75, 3.05) is 17.1 Å². The molecule has 0 aliphatic carbocycles. The molecule has 0 aliphatic rings. The van der Waals surface area contributed by atoms with Gasteiger partial charge in [-0.15, -0.1) is 0 Å². The van der Waals surface area contributed by atoms with Gasteiger partial charge in [0.05, 0.1) is 17.7 Å². The van der Waals surface area contributed by atoms with Crippen LogP contribution in [0.3, 0.4) is 0 Å². The zero-order valence-electron chi connectivity index (χ0n) is 16.2. The topological polar surface area (TPSA) is 97.4 Å². The minimum Gasteiger partial charge on any atom is -0.497 e. The van der Waals surface area contributed by atoms with E-state index in [9.17, 15) is 13.2 Å². The molecule has 0 unspecified atom stereocenters. The van der Waals surface area contributed by atoms with Gasteiger partial charge in [0.25, 0.3) is 15.9 Å². The van der Waals surface area contributed by atoms with Crippen molar-refractivity contribution in [1.82, 2.24) is 4.98 Å². The van der Waals surface area contributed by atoms with Crippen molar-refractivity contribution in [2.24, 2.45) is 0 Å². The number of thiazole rings is 1. The molecule has 0 atom stereocenters. The number of benzene rings is 2. The Morgan fingerprint density at radius 1 is 1.10 bits per heavy atom. The van der Waals surface area contributed by atoms with Crippen LogP contribution in [0.15, 0.2) is 53.4 Å². The summed E-state index contributed by atoms with van der Waals surface area (Å²) in [6.45, 7) is 3.72. The highest BCUT2D eigenvalue weighted by Crippen LogP contribution is 2.26. The van der Waals surface area contributed by atoms with Crippen LogP contribution < -0.4 is 14.8 Å². The van der Waals surface area contributed by atoms with Gasteiger partial charge in [0.15, 0.2) is 5.13 Å². The number of aromatic nitrogens is 1. The molecule has 1 heterocycles. The Morgan fingerprint density at radius 3 is 2.34 bits per heavy atom. The molecular formula is C20H21N3O4S2. The normalized spacial score (nSPS) is 11.1. The molecule has 152 valence electrons. The van der Waals surface area contributed by atoms with Crippen LogP contribution in [0.25, 0.3) is 0 Å². The number of nitrogens with one attached hydrogen (secondary N) is 2. The molecule has 2 aromatic carbocycles. The Bertz CT molecular complexity index is 1110. The van der Waals surface area contributed by atoms with Gasteiger partial charge < -0.3 is 10.1 Å². The first-order chi connectivity index (χ1) is 13.8. The molecule has 29 heavy (non-hydrogen) atoms. The SMILES string of the molecule is CCc1ccc(NC(=O)c2sc(NS(=O)(=O)c3ccc(OC)cc3)nc2C)cc1. The van der Waals surface area contributed by atoms with Gasteiger partial charge >= 0.3 is 0 Å². The first-order valence-electron chi connectivity index (χ1n) is 8.87. The average molecular weight is 432 g/mol. The third-order valence-corrected chi connectivity index (χ3v) is 6.77. The molecular weight excluding hydrogens is 410 g/mol. The average Bonchev–Trinajstić information content (AvgIpc) is 3.08. The molecule has 0 radical (unpaired) electrons. The van der Waals surface area contributed by atoms with Gasteiger partial charge in [-0.3, -0.25) is 9.52 Å². The highest BCUT2D eigenvalue weighted by Gasteiger charge is 2.20. The zero-order valence-corrected chi connectivity index (χ0v) is 17.9. The summed E-state index contributed by atoms with van der Waals surface area (Å²) in [6.07, 6.45) is 0.917. The number of hydrogen-bond acceptors (Lipinski definition) is 6. The lowest BCUT2D eigenvalue weighted by molar-refractivity contribution is 0.103. The van der Waals surface area contributed by atoms with Gasteiger partial charge in [-0.05, 0) is 55.3 Å². The molecule has 3 aromatic rings.